The van der Waals surface area contributed by atoms with Crippen LogP contribution in [0.15, 0.2) is 29.8 Å². The van der Waals surface area contributed by atoms with Gasteiger partial charge in [0.25, 0.3) is 0 Å². The topological polar surface area (TPSA) is 21.3 Å². The number of benzene rings is 1. The van der Waals surface area contributed by atoms with Crippen molar-refractivity contribution in [2.24, 2.45) is 0 Å². The van der Waals surface area contributed by atoms with E-state index in [9.17, 15) is 0 Å². The van der Waals surface area contributed by atoms with E-state index in [2.05, 4.69) is 5.32 Å². The van der Waals surface area contributed by atoms with Crippen molar-refractivity contribution in [1.29, 1.82) is 0 Å². The Kier molecular flexibility index (Phi) is 4.63. The van der Waals surface area contributed by atoms with Crippen molar-refractivity contribution in [3.63, 3.8) is 0 Å². The van der Waals surface area contributed by atoms with E-state index in [0.717, 1.165) is 5.69 Å². The highest BCUT2D eigenvalue weighted by Gasteiger charge is 2.04. The monoisotopic (exact) mass is 231 g/mol. The van der Waals surface area contributed by atoms with E-state index in [1.807, 2.05) is 12.1 Å². The number of anilines is 1. The van der Waals surface area contributed by atoms with Crippen LogP contribution in [0, 0.1) is 0 Å². The Morgan fingerprint density at radius 2 is 2.29 bits per heavy atom. The molecule has 0 radical (unpaired) electrons. The Morgan fingerprint density at radius 3 is 2.93 bits per heavy atom. The molecule has 0 amide bonds. The van der Waals surface area contributed by atoms with Gasteiger partial charge in [-0.2, -0.15) is 0 Å². The third kappa shape index (κ3) is 2.82. The van der Waals surface area contributed by atoms with Gasteiger partial charge < -0.3 is 10.1 Å². The molecule has 0 heterocycles. The summed E-state index contributed by atoms with van der Waals surface area (Å²) in [6.07, 6.45) is 1.79. The van der Waals surface area contributed by atoms with Gasteiger partial charge in [-0.3, -0.25) is 0 Å². The van der Waals surface area contributed by atoms with Crippen LogP contribution >= 0.6 is 23.2 Å². The summed E-state index contributed by atoms with van der Waals surface area (Å²) in [6, 6.07) is 5.54. The Morgan fingerprint density at radius 1 is 1.50 bits per heavy atom. The molecular formula is C10H11Cl2NO. The van der Waals surface area contributed by atoms with E-state index in [0.29, 0.717) is 17.3 Å². The standard InChI is InChI=1S/C10H11Cl2NO/c1-14-10-8(12)4-2-5-9(10)13-7-3-6-11/h2-6,13H,7H2,1H3/b6-3+. The minimum absolute atomic E-state index is 0.590. The molecule has 0 aliphatic carbocycles. The van der Waals surface area contributed by atoms with Gasteiger partial charge >= 0.3 is 0 Å². The van der Waals surface area contributed by atoms with E-state index >= 15 is 0 Å². The van der Waals surface area contributed by atoms with E-state index in [4.69, 9.17) is 27.9 Å². The normalized spacial score (nSPS) is 10.5. The number of hydrogen-bond acceptors (Lipinski definition) is 2. The predicted octanol–water partition coefficient (Wildman–Crippen LogP) is 3.51. The molecule has 0 unspecified atom stereocenters. The number of hydrogen-bond donors (Lipinski definition) is 1. The van der Waals surface area contributed by atoms with Gasteiger partial charge in [-0.15, -0.1) is 0 Å². The van der Waals surface area contributed by atoms with Crippen molar-refractivity contribution in [2.45, 2.75) is 0 Å². The molecule has 0 spiro atoms. The lowest BCUT2D eigenvalue weighted by atomic mass is 10.3. The van der Waals surface area contributed by atoms with Gasteiger partial charge in [-0.25, -0.2) is 0 Å². The van der Waals surface area contributed by atoms with Crippen molar-refractivity contribution in [3.8, 4) is 5.75 Å². The summed E-state index contributed by atoms with van der Waals surface area (Å²) in [5.41, 5.74) is 2.32. The van der Waals surface area contributed by atoms with Gasteiger partial charge in [-0.1, -0.05) is 35.3 Å². The van der Waals surface area contributed by atoms with Crippen LogP contribution in [-0.2, 0) is 0 Å². The lowest BCUT2D eigenvalue weighted by Crippen LogP contribution is -2.00. The van der Waals surface area contributed by atoms with E-state index < -0.39 is 0 Å². The summed E-state index contributed by atoms with van der Waals surface area (Å²) in [6.45, 7) is 0.639. The first-order chi connectivity index (χ1) is 6.79. The zero-order valence-electron chi connectivity index (χ0n) is 7.76. The van der Waals surface area contributed by atoms with E-state index in [1.54, 1.807) is 19.3 Å². The van der Waals surface area contributed by atoms with Crippen LogP contribution in [0.3, 0.4) is 0 Å². The molecule has 1 rings (SSSR count). The molecule has 0 fully saturated rings. The van der Waals surface area contributed by atoms with E-state index in [1.165, 1.54) is 5.54 Å². The Bertz CT molecular complexity index is 326. The molecule has 0 bridgehead atoms. The number of nitrogens with one attached hydrogen (secondary N) is 1. The Balaban J connectivity index is 2.79. The average molecular weight is 232 g/mol. The first-order valence-electron chi connectivity index (χ1n) is 4.11. The number of para-hydroxylation sites is 1. The molecule has 1 aromatic rings. The van der Waals surface area contributed by atoms with Crippen molar-refractivity contribution < 1.29 is 4.74 Å². The van der Waals surface area contributed by atoms with E-state index in [-0.39, 0.29) is 0 Å². The molecule has 14 heavy (non-hydrogen) atoms. The Hall–Kier alpha value is -0.860. The number of halogens is 2. The number of ether oxygens (including phenoxy) is 1. The molecule has 0 aliphatic rings. The quantitative estimate of drug-likeness (QED) is 0.857. The second-order valence-corrected chi connectivity index (χ2v) is 3.22. The Labute approximate surface area is 93.5 Å². The highest BCUT2D eigenvalue weighted by Crippen LogP contribution is 2.32. The van der Waals surface area contributed by atoms with Crippen LogP contribution in [0.4, 0.5) is 5.69 Å². The highest BCUT2D eigenvalue weighted by atomic mass is 35.5. The first kappa shape index (κ1) is 11.2. The second-order valence-electron chi connectivity index (χ2n) is 2.56. The first-order valence-corrected chi connectivity index (χ1v) is 4.92. The molecule has 76 valence electrons. The molecule has 0 aromatic heterocycles. The maximum atomic E-state index is 5.93. The largest absolute Gasteiger partial charge is 0.493 e. The number of rotatable bonds is 4. The maximum absolute atomic E-state index is 5.93. The van der Waals surface area contributed by atoms with Gasteiger partial charge in [0, 0.05) is 12.1 Å². The minimum atomic E-state index is 0.590. The lowest BCUT2D eigenvalue weighted by Gasteiger charge is -2.10. The third-order valence-corrected chi connectivity index (χ3v) is 2.15. The van der Waals surface area contributed by atoms with Crippen LogP contribution in [-0.4, -0.2) is 13.7 Å². The summed E-state index contributed by atoms with van der Waals surface area (Å²) in [5, 5.41) is 3.72. The summed E-state index contributed by atoms with van der Waals surface area (Å²) in [7, 11) is 1.59. The predicted molar refractivity (Wildman–Crippen MR) is 61.5 cm³/mol. The lowest BCUT2D eigenvalue weighted by molar-refractivity contribution is 0.417. The fraction of sp³-hybridized carbons (Fsp3) is 0.200. The molecule has 0 aliphatic heterocycles. The average Bonchev–Trinajstić information content (AvgIpc) is 2.18. The van der Waals surface area contributed by atoms with Crippen molar-refractivity contribution in [1.82, 2.24) is 0 Å². The summed E-state index contributed by atoms with van der Waals surface area (Å²) in [5.74, 6) is 0.650. The smallest absolute Gasteiger partial charge is 0.160 e. The van der Waals surface area contributed by atoms with Gasteiger partial charge in [0.15, 0.2) is 5.75 Å². The SMILES string of the molecule is COc1c(Cl)cccc1NC/C=C/Cl. The minimum Gasteiger partial charge on any atom is -0.493 e. The van der Waals surface area contributed by atoms with Crippen molar-refractivity contribution in [2.75, 3.05) is 19.0 Å². The zero-order valence-corrected chi connectivity index (χ0v) is 9.27. The molecule has 0 saturated carbocycles. The fourth-order valence-corrected chi connectivity index (χ4v) is 1.41. The van der Waals surface area contributed by atoms with Crippen molar-refractivity contribution >= 4 is 28.9 Å². The van der Waals surface area contributed by atoms with Crippen LogP contribution in [0.1, 0.15) is 0 Å². The van der Waals surface area contributed by atoms with Crippen LogP contribution in [0.2, 0.25) is 5.02 Å². The molecule has 4 heteroatoms. The molecule has 1 aromatic carbocycles. The zero-order chi connectivity index (χ0) is 10.4. The molecule has 0 saturated heterocycles. The second kappa shape index (κ2) is 5.78. The summed E-state index contributed by atoms with van der Waals surface area (Å²) in [4.78, 5) is 0. The van der Waals surface area contributed by atoms with Gasteiger partial charge in [0.2, 0.25) is 0 Å². The van der Waals surface area contributed by atoms with Crippen LogP contribution in [0.5, 0.6) is 5.75 Å². The van der Waals surface area contributed by atoms with Gasteiger partial charge in [0.05, 0.1) is 17.8 Å². The maximum Gasteiger partial charge on any atom is 0.160 e. The van der Waals surface area contributed by atoms with Crippen molar-refractivity contribution in [3.05, 3.63) is 34.8 Å². The third-order valence-electron chi connectivity index (χ3n) is 1.67. The van der Waals surface area contributed by atoms with Gasteiger partial charge in [-0.05, 0) is 12.1 Å². The fourth-order valence-electron chi connectivity index (χ4n) is 1.07. The summed E-state index contributed by atoms with van der Waals surface area (Å²) < 4.78 is 5.16. The van der Waals surface area contributed by atoms with Crippen LogP contribution in [0.25, 0.3) is 0 Å². The molecule has 0 atom stereocenters. The highest BCUT2D eigenvalue weighted by molar-refractivity contribution is 6.32. The van der Waals surface area contributed by atoms with Gasteiger partial charge in [0.1, 0.15) is 0 Å². The summed E-state index contributed by atoms with van der Waals surface area (Å²) >= 11 is 11.3. The molecular weight excluding hydrogens is 221 g/mol. The van der Waals surface area contributed by atoms with Crippen LogP contribution < -0.4 is 10.1 Å². The molecule has 1 N–H and O–H groups in total. The number of methoxy groups -OCH3 is 1. The molecule has 2 nitrogen and oxygen atoms in total.